The number of aliphatic carboxylic acids is 1. The van der Waals surface area contributed by atoms with Gasteiger partial charge in [-0.1, -0.05) is 68.8 Å². The number of hydrogen-bond donors (Lipinski definition) is 7. The van der Waals surface area contributed by atoms with Crippen molar-refractivity contribution in [3.63, 3.8) is 0 Å². The molecule has 3 aromatic rings. The number of hydrogen-bond acceptors (Lipinski definition) is 6. The molecule has 0 saturated carbocycles. The summed E-state index contributed by atoms with van der Waals surface area (Å²) in [6.07, 6.45) is 1.90. The fourth-order valence-corrected chi connectivity index (χ4v) is 4.59. The van der Waals surface area contributed by atoms with Crippen LogP contribution in [0.15, 0.2) is 60.8 Å². The molecule has 0 fully saturated rings. The number of benzene rings is 2. The highest BCUT2D eigenvalue weighted by Gasteiger charge is 2.32. The summed E-state index contributed by atoms with van der Waals surface area (Å²) in [4.78, 5) is 66.4. The molecule has 4 amide bonds. The summed E-state index contributed by atoms with van der Waals surface area (Å²) < 4.78 is 0. The summed E-state index contributed by atoms with van der Waals surface area (Å²) in [5.74, 6) is -4.68. The quantitative estimate of drug-likeness (QED) is 0.137. The molecule has 5 atom stereocenters. The summed E-state index contributed by atoms with van der Waals surface area (Å²) in [5.41, 5.74) is 13.9. The number of aromatic amines is 1. The van der Waals surface area contributed by atoms with Crippen molar-refractivity contribution in [2.24, 2.45) is 17.4 Å². The third-order valence-electron chi connectivity index (χ3n) is 7.18. The van der Waals surface area contributed by atoms with Crippen LogP contribution in [-0.2, 0) is 36.8 Å². The van der Waals surface area contributed by atoms with Crippen molar-refractivity contribution < 1.29 is 29.1 Å². The Labute approximate surface area is 243 Å². The Morgan fingerprint density at radius 1 is 0.857 bits per heavy atom. The molecule has 5 unspecified atom stereocenters. The number of carboxylic acid groups (broad SMARTS) is 1. The van der Waals surface area contributed by atoms with Gasteiger partial charge in [-0.25, -0.2) is 4.79 Å². The Kier molecular flexibility index (Phi) is 11.2. The summed E-state index contributed by atoms with van der Waals surface area (Å²) >= 11 is 0. The van der Waals surface area contributed by atoms with E-state index in [9.17, 15) is 29.1 Å². The minimum atomic E-state index is -1.42. The number of carbonyl (C=O) groups excluding carboxylic acids is 4. The lowest BCUT2D eigenvalue weighted by molar-refractivity contribution is -0.144. The molecule has 12 heteroatoms. The number of carbonyl (C=O) groups is 5. The highest BCUT2D eigenvalue weighted by atomic mass is 16.4. The van der Waals surface area contributed by atoms with E-state index in [-0.39, 0.29) is 18.8 Å². The highest BCUT2D eigenvalue weighted by molar-refractivity contribution is 5.96. The Morgan fingerprint density at radius 3 is 2.12 bits per heavy atom. The average molecular weight is 579 g/mol. The number of carboxylic acids is 1. The maximum absolute atomic E-state index is 13.4. The maximum atomic E-state index is 13.4. The largest absolute Gasteiger partial charge is 0.480 e. The predicted octanol–water partition coefficient (Wildman–Crippen LogP) is 0.741. The van der Waals surface area contributed by atoms with Gasteiger partial charge < -0.3 is 37.5 Å². The molecule has 0 aliphatic heterocycles. The third-order valence-corrected chi connectivity index (χ3v) is 7.18. The summed E-state index contributed by atoms with van der Waals surface area (Å²) in [5, 5.41) is 18.1. The number of amides is 4. The molecule has 42 heavy (non-hydrogen) atoms. The zero-order valence-electron chi connectivity index (χ0n) is 23.6. The first-order valence-corrected chi connectivity index (χ1v) is 13.8. The molecular formula is C30H38N6O6. The standard InChI is InChI=1S/C30H38N6O6/c1-3-17(2)26(30(41)42)36-29(40)23(13-18-9-5-4-6-10-18)35-28(39)24(15-25(32)37)34-27(38)21(31)14-19-16-33-22-12-8-7-11-20(19)22/h4-12,16-17,21,23-24,26,33H,3,13-15,31H2,1-2H3,(H2,32,37)(H,34,38)(H,35,39)(H,36,40)(H,41,42). The Balaban J connectivity index is 1.77. The molecule has 0 radical (unpaired) electrons. The van der Waals surface area contributed by atoms with Gasteiger partial charge in [-0.05, 0) is 29.5 Å². The first kappa shape index (κ1) is 31.8. The van der Waals surface area contributed by atoms with Gasteiger partial charge in [0.1, 0.15) is 18.1 Å². The molecule has 224 valence electrons. The lowest BCUT2D eigenvalue weighted by Crippen LogP contribution is -2.58. The molecule has 0 aliphatic rings. The van der Waals surface area contributed by atoms with Crippen LogP contribution in [0.25, 0.3) is 10.9 Å². The van der Waals surface area contributed by atoms with Crippen molar-refractivity contribution in [2.75, 3.05) is 0 Å². The van der Waals surface area contributed by atoms with Crippen molar-refractivity contribution in [2.45, 2.75) is 63.7 Å². The Morgan fingerprint density at radius 2 is 1.48 bits per heavy atom. The number of primary amides is 1. The van der Waals surface area contributed by atoms with Crippen molar-refractivity contribution in [1.29, 1.82) is 0 Å². The van der Waals surface area contributed by atoms with Crippen LogP contribution >= 0.6 is 0 Å². The number of nitrogens with two attached hydrogens (primary N) is 2. The van der Waals surface area contributed by atoms with E-state index in [0.29, 0.717) is 12.0 Å². The number of H-pyrrole nitrogens is 1. The number of aromatic nitrogens is 1. The third kappa shape index (κ3) is 8.64. The molecule has 1 aromatic heterocycles. The summed E-state index contributed by atoms with van der Waals surface area (Å²) in [6, 6.07) is 11.5. The fraction of sp³-hybridized carbons (Fsp3) is 0.367. The number of para-hydroxylation sites is 1. The molecule has 2 aromatic carbocycles. The van der Waals surface area contributed by atoms with E-state index in [4.69, 9.17) is 11.5 Å². The van der Waals surface area contributed by atoms with Crippen molar-refractivity contribution >= 4 is 40.5 Å². The van der Waals surface area contributed by atoms with Gasteiger partial charge in [0.05, 0.1) is 12.5 Å². The van der Waals surface area contributed by atoms with Gasteiger partial charge in [0.15, 0.2) is 0 Å². The smallest absolute Gasteiger partial charge is 0.326 e. The van der Waals surface area contributed by atoms with E-state index in [0.717, 1.165) is 16.5 Å². The van der Waals surface area contributed by atoms with E-state index in [1.54, 1.807) is 50.4 Å². The van der Waals surface area contributed by atoms with Gasteiger partial charge >= 0.3 is 5.97 Å². The van der Waals surface area contributed by atoms with E-state index < -0.39 is 60.2 Å². The van der Waals surface area contributed by atoms with Crippen LogP contribution in [0, 0.1) is 5.92 Å². The van der Waals surface area contributed by atoms with E-state index in [1.807, 2.05) is 24.3 Å². The summed E-state index contributed by atoms with van der Waals surface area (Å²) in [6.45, 7) is 3.50. The van der Waals surface area contributed by atoms with Gasteiger partial charge in [0.2, 0.25) is 23.6 Å². The first-order valence-electron chi connectivity index (χ1n) is 13.8. The normalized spacial score (nSPS) is 14.6. The molecule has 0 bridgehead atoms. The minimum Gasteiger partial charge on any atom is -0.480 e. The molecular weight excluding hydrogens is 540 g/mol. The number of nitrogens with one attached hydrogen (secondary N) is 4. The predicted molar refractivity (Wildman–Crippen MR) is 157 cm³/mol. The second kappa shape index (κ2) is 14.8. The fourth-order valence-electron chi connectivity index (χ4n) is 4.59. The average Bonchev–Trinajstić information content (AvgIpc) is 3.37. The van der Waals surface area contributed by atoms with Crippen molar-refractivity contribution in [1.82, 2.24) is 20.9 Å². The molecule has 0 aliphatic carbocycles. The van der Waals surface area contributed by atoms with Gasteiger partial charge in [-0.2, -0.15) is 0 Å². The Hall–Kier alpha value is -4.71. The zero-order valence-corrected chi connectivity index (χ0v) is 23.6. The van der Waals surface area contributed by atoms with Crippen LogP contribution in [0.1, 0.15) is 37.8 Å². The zero-order chi connectivity index (χ0) is 30.8. The first-order chi connectivity index (χ1) is 20.0. The topological polar surface area (TPSA) is 209 Å². The SMILES string of the molecule is CCC(C)C(NC(=O)C(Cc1ccccc1)NC(=O)C(CC(N)=O)NC(=O)C(N)Cc1c[nH]c2ccccc12)C(=O)O. The highest BCUT2D eigenvalue weighted by Crippen LogP contribution is 2.19. The molecule has 9 N–H and O–H groups in total. The van der Waals surface area contributed by atoms with Gasteiger partial charge in [0, 0.05) is 23.5 Å². The molecule has 0 spiro atoms. The summed E-state index contributed by atoms with van der Waals surface area (Å²) in [7, 11) is 0. The molecule has 1 heterocycles. The minimum absolute atomic E-state index is 0.0303. The van der Waals surface area contributed by atoms with Crippen LogP contribution in [0.2, 0.25) is 0 Å². The van der Waals surface area contributed by atoms with E-state index in [2.05, 4.69) is 20.9 Å². The number of fused-ring (bicyclic) bond motifs is 1. The second-order valence-corrected chi connectivity index (χ2v) is 10.4. The molecule has 3 rings (SSSR count). The van der Waals surface area contributed by atoms with Crippen LogP contribution in [0.5, 0.6) is 0 Å². The molecule has 0 saturated heterocycles. The van der Waals surface area contributed by atoms with Crippen molar-refractivity contribution in [3.8, 4) is 0 Å². The van der Waals surface area contributed by atoms with Gasteiger partial charge in [-0.3, -0.25) is 19.2 Å². The number of rotatable bonds is 15. The molecule has 12 nitrogen and oxygen atoms in total. The van der Waals surface area contributed by atoms with Crippen LogP contribution < -0.4 is 27.4 Å². The lowest BCUT2D eigenvalue weighted by Gasteiger charge is -2.26. The van der Waals surface area contributed by atoms with Crippen LogP contribution in [-0.4, -0.2) is 63.9 Å². The monoisotopic (exact) mass is 578 g/mol. The van der Waals surface area contributed by atoms with Crippen LogP contribution in [0.3, 0.4) is 0 Å². The van der Waals surface area contributed by atoms with Gasteiger partial charge in [-0.15, -0.1) is 0 Å². The lowest BCUT2D eigenvalue weighted by atomic mass is 9.98. The van der Waals surface area contributed by atoms with Crippen molar-refractivity contribution in [3.05, 3.63) is 71.9 Å². The van der Waals surface area contributed by atoms with E-state index >= 15 is 0 Å². The van der Waals surface area contributed by atoms with Gasteiger partial charge in [0.25, 0.3) is 0 Å². The Bertz CT molecular complexity index is 1410. The van der Waals surface area contributed by atoms with E-state index in [1.165, 1.54) is 0 Å². The van der Waals surface area contributed by atoms with Crippen LogP contribution in [0.4, 0.5) is 0 Å². The second-order valence-electron chi connectivity index (χ2n) is 10.4. The maximum Gasteiger partial charge on any atom is 0.326 e.